The summed E-state index contributed by atoms with van der Waals surface area (Å²) >= 11 is 6.29. The Hall–Kier alpha value is -2.38. The molecule has 0 radical (unpaired) electrons. The van der Waals surface area contributed by atoms with E-state index >= 15 is 0 Å². The third-order valence-corrected chi connectivity index (χ3v) is 6.21. The molecule has 4 rings (SSSR count). The first-order valence-electron chi connectivity index (χ1n) is 12.4. The van der Waals surface area contributed by atoms with Gasteiger partial charge in [0, 0.05) is 31.3 Å². The van der Waals surface area contributed by atoms with Gasteiger partial charge in [-0.2, -0.15) is 5.10 Å². The lowest BCUT2D eigenvalue weighted by Gasteiger charge is -2.25. The summed E-state index contributed by atoms with van der Waals surface area (Å²) in [7, 11) is 0. The molecule has 1 atom stereocenters. The molecule has 188 valence electrons. The van der Waals surface area contributed by atoms with E-state index in [1.165, 1.54) is 12.8 Å². The highest BCUT2D eigenvalue weighted by molar-refractivity contribution is 6.30. The molecule has 1 heterocycles. The van der Waals surface area contributed by atoms with E-state index in [1.54, 1.807) is 0 Å². The molecule has 7 heteroatoms. The number of aryl methyl sites for hydroxylation is 1. The van der Waals surface area contributed by atoms with Gasteiger partial charge in [0.1, 0.15) is 5.75 Å². The summed E-state index contributed by atoms with van der Waals surface area (Å²) in [5.41, 5.74) is 2.74. The molecule has 0 bridgehead atoms. The van der Waals surface area contributed by atoms with Gasteiger partial charge in [0.2, 0.25) is 5.88 Å². The number of rotatable bonds is 13. The Morgan fingerprint density at radius 1 is 1.11 bits per heavy atom. The van der Waals surface area contributed by atoms with Crippen molar-refractivity contribution < 1.29 is 14.6 Å². The maximum absolute atomic E-state index is 10.7. The Morgan fingerprint density at radius 2 is 1.89 bits per heavy atom. The van der Waals surface area contributed by atoms with Gasteiger partial charge in [0.25, 0.3) is 0 Å². The summed E-state index contributed by atoms with van der Waals surface area (Å²) in [6, 6.07) is 17.4. The van der Waals surface area contributed by atoms with Gasteiger partial charge in [-0.25, -0.2) is 4.68 Å². The normalized spacial score (nSPS) is 14.6. The Kier molecular flexibility index (Phi) is 8.84. The monoisotopic (exact) mass is 497 g/mol. The van der Waals surface area contributed by atoms with E-state index in [0.29, 0.717) is 49.0 Å². The Morgan fingerprint density at radius 3 is 2.57 bits per heavy atom. The molecule has 1 aliphatic rings. The fourth-order valence-corrected chi connectivity index (χ4v) is 4.28. The van der Waals surface area contributed by atoms with Crippen molar-refractivity contribution in [2.24, 2.45) is 11.8 Å². The van der Waals surface area contributed by atoms with Gasteiger partial charge in [-0.3, -0.25) is 4.90 Å². The lowest BCUT2D eigenvalue weighted by atomic mass is 10.2. The minimum atomic E-state index is -0.547. The smallest absolute Gasteiger partial charge is 0.227 e. The molecule has 1 N–H and O–H groups in total. The topological polar surface area (TPSA) is 59.8 Å². The van der Waals surface area contributed by atoms with Gasteiger partial charge in [0.05, 0.1) is 29.7 Å². The molecule has 0 aliphatic heterocycles. The number of aliphatic hydroxyl groups excluding tert-OH is 1. The van der Waals surface area contributed by atoms with Crippen molar-refractivity contribution in [2.45, 2.75) is 46.3 Å². The summed E-state index contributed by atoms with van der Waals surface area (Å²) in [6.45, 7) is 9.33. The van der Waals surface area contributed by atoms with Gasteiger partial charge in [0.15, 0.2) is 0 Å². The van der Waals surface area contributed by atoms with Crippen LogP contribution in [0.5, 0.6) is 11.6 Å². The van der Waals surface area contributed by atoms with Crippen LogP contribution in [-0.2, 0) is 11.3 Å². The van der Waals surface area contributed by atoms with Crippen LogP contribution in [0.25, 0.3) is 5.69 Å². The average molecular weight is 498 g/mol. The maximum atomic E-state index is 10.7. The van der Waals surface area contributed by atoms with Gasteiger partial charge in [-0.1, -0.05) is 49.7 Å². The predicted molar refractivity (Wildman–Crippen MR) is 139 cm³/mol. The van der Waals surface area contributed by atoms with E-state index in [1.807, 2.05) is 66.2 Å². The number of hydrogen-bond donors (Lipinski definition) is 1. The van der Waals surface area contributed by atoms with Crippen LogP contribution in [0, 0.1) is 18.8 Å². The van der Waals surface area contributed by atoms with Crippen LogP contribution in [0.2, 0.25) is 5.02 Å². The second-order valence-corrected chi connectivity index (χ2v) is 10.3. The number of para-hydroxylation sites is 1. The van der Waals surface area contributed by atoms with Crippen LogP contribution in [0.1, 0.15) is 37.9 Å². The molecule has 1 aliphatic carbocycles. The van der Waals surface area contributed by atoms with Gasteiger partial charge < -0.3 is 14.6 Å². The lowest BCUT2D eigenvalue weighted by molar-refractivity contribution is 0.00609. The molecule has 0 amide bonds. The SMILES string of the molecule is Cc1nn(-c2cccc(Cl)c2)c(Oc2ccccc2)c1CN(CC1CC1)C[C@H](O)COCC(C)C. The van der Waals surface area contributed by atoms with Crippen molar-refractivity contribution in [3.63, 3.8) is 0 Å². The third kappa shape index (κ3) is 7.55. The van der Waals surface area contributed by atoms with Crippen molar-refractivity contribution in [3.05, 3.63) is 70.9 Å². The molecule has 0 saturated heterocycles. The van der Waals surface area contributed by atoms with Crippen LogP contribution in [0.4, 0.5) is 0 Å². The van der Waals surface area contributed by atoms with Gasteiger partial charge in [-0.15, -0.1) is 0 Å². The summed E-state index contributed by atoms with van der Waals surface area (Å²) in [4.78, 5) is 2.31. The van der Waals surface area contributed by atoms with Crippen LogP contribution in [0.3, 0.4) is 0 Å². The molecular formula is C28H36ClN3O3. The van der Waals surface area contributed by atoms with Crippen LogP contribution < -0.4 is 4.74 Å². The number of benzene rings is 2. The van der Waals surface area contributed by atoms with E-state index in [0.717, 1.165) is 29.2 Å². The molecule has 2 aromatic carbocycles. The van der Waals surface area contributed by atoms with Crippen molar-refractivity contribution in [1.29, 1.82) is 0 Å². The first-order valence-corrected chi connectivity index (χ1v) is 12.8. The highest BCUT2D eigenvalue weighted by Crippen LogP contribution is 2.34. The largest absolute Gasteiger partial charge is 0.439 e. The highest BCUT2D eigenvalue weighted by Gasteiger charge is 2.28. The molecule has 1 saturated carbocycles. The zero-order valence-electron chi connectivity index (χ0n) is 20.9. The van der Waals surface area contributed by atoms with E-state index in [9.17, 15) is 5.11 Å². The van der Waals surface area contributed by atoms with E-state index in [2.05, 4.69) is 18.7 Å². The second-order valence-electron chi connectivity index (χ2n) is 9.90. The number of aromatic nitrogens is 2. The van der Waals surface area contributed by atoms with E-state index in [4.69, 9.17) is 26.2 Å². The molecule has 35 heavy (non-hydrogen) atoms. The van der Waals surface area contributed by atoms with E-state index < -0.39 is 6.10 Å². The number of halogens is 1. The van der Waals surface area contributed by atoms with Crippen LogP contribution in [0.15, 0.2) is 54.6 Å². The fourth-order valence-electron chi connectivity index (χ4n) is 4.09. The zero-order valence-corrected chi connectivity index (χ0v) is 21.6. The Balaban J connectivity index is 1.60. The van der Waals surface area contributed by atoms with Crippen molar-refractivity contribution >= 4 is 11.6 Å². The molecule has 0 spiro atoms. The van der Waals surface area contributed by atoms with Gasteiger partial charge >= 0.3 is 0 Å². The zero-order chi connectivity index (χ0) is 24.8. The predicted octanol–water partition coefficient (Wildman–Crippen LogP) is 5.87. The lowest BCUT2D eigenvalue weighted by Crippen LogP contribution is -2.36. The first-order chi connectivity index (χ1) is 16.9. The Bertz CT molecular complexity index is 1080. The molecule has 0 unspecified atom stereocenters. The molecule has 6 nitrogen and oxygen atoms in total. The highest BCUT2D eigenvalue weighted by atomic mass is 35.5. The summed E-state index contributed by atoms with van der Waals surface area (Å²) in [5.74, 6) is 2.54. The number of hydrogen-bond acceptors (Lipinski definition) is 5. The molecule has 1 aromatic heterocycles. The molecule has 3 aromatic rings. The third-order valence-electron chi connectivity index (χ3n) is 5.97. The first kappa shape index (κ1) is 25.7. The Labute approximate surface area is 213 Å². The summed E-state index contributed by atoms with van der Waals surface area (Å²) < 4.78 is 13.9. The van der Waals surface area contributed by atoms with Crippen molar-refractivity contribution in [3.8, 4) is 17.3 Å². The molecule has 1 fully saturated rings. The average Bonchev–Trinajstić information content (AvgIpc) is 3.58. The maximum Gasteiger partial charge on any atom is 0.227 e. The van der Waals surface area contributed by atoms with Crippen LogP contribution >= 0.6 is 11.6 Å². The fraction of sp³-hybridized carbons (Fsp3) is 0.464. The summed E-state index contributed by atoms with van der Waals surface area (Å²) in [5, 5.41) is 16.2. The number of ether oxygens (including phenoxy) is 2. The number of aliphatic hydroxyl groups is 1. The van der Waals surface area contributed by atoms with Gasteiger partial charge in [-0.05, 0) is 61.9 Å². The standard InChI is InChI=1S/C28H36ClN3O3/c1-20(2)18-34-19-25(33)16-31(15-22-12-13-22)17-27-21(3)30-32(24-9-7-8-23(29)14-24)28(27)35-26-10-5-4-6-11-26/h4-11,14,20,22,25,33H,12-13,15-19H2,1-3H3/t25-/m0/s1. The van der Waals surface area contributed by atoms with E-state index in [-0.39, 0.29) is 0 Å². The minimum Gasteiger partial charge on any atom is -0.439 e. The minimum absolute atomic E-state index is 0.341. The molecular weight excluding hydrogens is 462 g/mol. The van der Waals surface area contributed by atoms with Crippen LogP contribution in [-0.4, -0.2) is 52.2 Å². The van der Waals surface area contributed by atoms with Crippen molar-refractivity contribution in [2.75, 3.05) is 26.3 Å². The van der Waals surface area contributed by atoms with Crippen molar-refractivity contribution in [1.82, 2.24) is 14.7 Å². The second kappa shape index (κ2) is 12.0. The summed E-state index contributed by atoms with van der Waals surface area (Å²) in [6.07, 6.45) is 1.93. The number of nitrogens with zero attached hydrogens (tertiary/aromatic N) is 3. The quantitative estimate of drug-likeness (QED) is 0.320.